The molecule has 4 radical (unpaired) electrons. The van der Waals surface area contributed by atoms with Crippen LogP contribution in [0.4, 0.5) is 0 Å². The number of nitrogens with one attached hydrogen (secondary N) is 2. The van der Waals surface area contributed by atoms with Gasteiger partial charge >= 0.3 is 43.4 Å². The zero-order chi connectivity index (χ0) is 43.7. The van der Waals surface area contributed by atoms with E-state index in [-0.39, 0.29) is 90.5 Å². The summed E-state index contributed by atoms with van der Waals surface area (Å²) in [7, 11) is -1.06. The molecule has 2 aliphatic carbocycles. The summed E-state index contributed by atoms with van der Waals surface area (Å²) in [5.41, 5.74) is 22.0. The molecule has 2 atom stereocenters. The van der Waals surface area contributed by atoms with Gasteiger partial charge in [-0.15, -0.1) is 24.9 Å². The summed E-state index contributed by atoms with van der Waals surface area (Å²) in [5.74, 6) is 1.12. The third-order valence-electron chi connectivity index (χ3n) is 8.20. The van der Waals surface area contributed by atoms with Gasteiger partial charge in [0, 0.05) is 11.2 Å². The summed E-state index contributed by atoms with van der Waals surface area (Å²) in [6.07, 6.45) is 17.6. The molecule has 0 fully saturated rings. The molecule has 0 spiro atoms. The van der Waals surface area contributed by atoms with Crippen molar-refractivity contribution >= 4 is 18.1 Å². The van der Waals surface area contributed by atoms with Gasteiger partial charge in [-0.1, -0.05) is 160 Å². The zero-order valence-electron chi connectivity index (χ0n) is 42.8. The van der Waals surface area contributed by atoms with Crippen molar-refractivity contribution in [2.24, 2.45) is 11.8 Å². The normalized spacial score (nSPS) is 16.1. The van der Waals surface area contributed by atoms with E-state index in [0.29, 0.717) is 11.8 Å². The Morgan fingerprint density at radius 3 is 0.845 bits per heavy atom. The largest absolute Gasteiger partial charge is 3.00 e. The van der Waals surface area contributed by atoms with Gasteiger partial charge in [-0.05, 0) is 66.7 Å². The van der Waals surface area contributed by atoms with Crippen molar-refractivity contribution in [1.82, 2.24) is 0 Å². The second-order valence-corrected chi connectivity index (χ2v) is 23.8. The SMILES string of the molecule is CC(C)(C)[NH-].CC(C)(C)[NH-].CC1=[C-]C(C)C(C)=C1C.CC1=[C-]C(C)C(C)=C1C.CCCCCC[Si](C)OC(C)(C)C.CCCCCC[Si](C)OC(C)(C)C.[Cl-].[Cl-].[Ti+3].[Ti+3]. The summed E-state index contributed by atoms with van der Waals surface area (Å²) in [6, 6.07) is 2.61. The number of halogens is 2. The van der Waals surface area contributed by atoms with Crippen LogP contribution in [0.25, 0.3) is 11.5 Å². The Bertz CT molecular complexity index is 1000. The van der Waals surface area contributed by atoms with Crippen molar-refractivity contribution in [3.8, 4) is 0 Å². The van der Waals surface area contributed by atoms with Crippen molar-refractivity contribution in [2.45, 2.75) is 251 Å². The smallest absolute Gasteiger partial charge is 1.00 e. The van der Waals surface area contributed by atoms with Gasteiger partial charge in [0.25, 0.3) is 0 Å². The van der Waals surface area contributed by atoms with E-state index in [0.717, 1.165) is 0 Å². The van der Waals surface area contributed by atoms with E-state index < -0.39 is 18.1 Å². The fraction of sp³-hybridized carbons (Fsp3) is 0.833. The predicted molar refractivity (Wildman–Crippen MR) is 251 cm³/mol. The van der Waals surface area contributed by atoms with Gasteiger partial charge in [-0.3, -0.25) is 12.2 Å². The van der Waals surface area contributed by atoms with E-state index in [2.05, 4.69) is 136 Å². The monoisotopic (exact) mass is 955 g/mol. The first-order chi connectivity index (χ1) is 24.2. The van der Waals surface area contributed by atoms with E-state index in [1.165, 1.54) is 96.9 Å². The number of allylic oxidation sites excluding steroid dienone is 8. The molecule has 340 valence electrons. The zero-order valence-corrected chi connectivity index (χ0v) is 49.4. The molecule has 0 heterocycles. The summed E-state index contributed by atoms with van der Waals surface area (Å²) < 4.78 is 11.8. The molecule has 0 bridgehead atoms. The van der Waals surface area contributed by atoms with Crippen LogP contribution in [0, 0.1) is 24.0 Å². The molecule has 0 aromatic rings. The fourth-order valence-corrected chi connectivity index (χ4v) is 8.86. The Hall–Kier alpha value is 1.24. The summed E-state index contributed by atoms with van der Waals surface area (Å²) >= 11 is 0. The van der Waals surface area contributed by atoms with Crippen molar-refractivity contribution in [3.63, 3.8) is 0 Å². The summed E-state index contributed by atoms with van der Waals surface area (Å²) in [5, 5.41) is 0. The van der Waals surface area contributed by atoms with E-state index in [1.807, 2.05) is 41.5 Å². The van der Waals surface area contributed by atoms with Crippen LogP contribution in [0.2, 0.25) is 25.2 Å². The maximum atomic E-state index is 6.94. The van der Waals surface area contributed by atoms with Crippen LogP contribution in [0.5, 0.6) is 0 Å². The molecule has 0 saturated carbocycles. The molecule has 2 N–H and O–H groups in total. The van der Waals surface area contributed by atoms with Gasteiger partial charge in [0.1, 0.15) is 0 Å². The van der Waals surface area contributed by atoms with Crippen LogP contribution in [0.1, 0.15) is 204 Å². The van der Waals surface area contributed by atoms with Crippen molar-refractivity contribution < 1.29 is 77.1 Å². The Kier molecular flexibility index (Phi) is 52.5. The molecule has 2 rings (SSSR count). The standard InChI is InChI=1S/2C11H25OSi.2C9H13.2C4H10N.2ClH.2Ti/c2*1-6-7-8-9-10-13(5)12-11(2,3)4;2*1-6-5-7(2)9(4)8(6)3;2*1-4(2,3)5;;;;/h2*6-10H2,1-5H3;2*6H,1-4H3;2*5H,1-3H3;2*1H;;/q;;4*-1;;;2*+3/p-2. The van der Waals surface area contributed by atoms with Gasteiger partial charge in [0.15, 0.2) is 0 Å². The average molecular weight is 956 g/mol. The van der Waals surface area contributed by atoms with E-state index >= 15 is 0 Å². The minimum atomic E-state index is -0.528. The number of hydrogen-bond donors (Lipinski definition) is 0. The van der Waals surface area contributed by atoms with Crippen molar-refractivity contribution in [2.75, 3.05) is 0 Å². The van der Waals surface area contributed by atoms with Gasteiger partial charge in [0.2, 0.25) is 18.1 Å². The van der Waals surface area contributed by atoms with Crippen LogP contribution in [-0.4, -0.2) is 40.4 Å². The van der Waals surface area contributed by atoms with Gasteiger partial charge < -0.3 is 45.1 Å². The molecular weight excluding hydrogens is 859 g/mol. The Balaban J connectivity index is -0.0000000876. The fourth-order valence-electron chi connectivity index (χ4n) is 5.07. The van der Waals surface area contributed by atoms with Crippen molar-refractivity contribution in [3.05, 3.63) is 57.1 Å². The van der Waals surface area contributed by atoms with E-state index in [4.69, 9.17) is 20.3 Å². The van der Waals surface area contributed by atoms with Crippen LogP contribution < -0.4 is 24.8 Å². The molecule has 4 nitrogen and oxygen atoms in total. The molecule has 10 heteroatoms. The minimum Gasteiger partial charge on any atom is -1.00 e. The minimum absolute atomic E-state index is 0. The average Bonchev–Trinajstić information content (AvgIpc) is 3.32. The molecular formula is C48H96Cl2N2O2Si2Ti2. The first-order valence-corrected chi connectivity index (χ1v) is 25.5. The molecule has 58 heavy (non-hydrogen) atoms. The molecule has 2 unspecified atom stereocenters. The maximum absolute atomic E-state index is 6.94. The molecule has 0 aromatic heterocycles. The number of hydrogen-bond acceptors (Lipinski definition) is 2. The molecule has 0 aliphatic heterocycles. The van der Waals surface area contributed by atoms with E-state index in [9.17, 15) is 0 Å². The molecule has 0 aromatic carbocycles. The van der Waals surface area contributed by atoms with Crippen LogP contribution in [-0.2, 0) is 52.3 Å². The quantitative estimate of drug-likeness (QED) is 0.111. The van der Waals surface area contributed by atoms with E-state index in [1.54, 1.807) is 0 Å². The summed E-state index contributed by atoms with van der Waals surface area (Å²) in [4.78, 5) is 0. The first kappa shape index (κ1) is 76.5. The Labute approximate surface area is 412 Å². The number of rotatable bonds is 12. The second-order valence-electron chi connectivity index (χ2n) is 19.6. The molecule has 0 saturated heterocycles. The van der Waals surface area contributed by atoms with Crippen LogP contribution >= 0.6 is 0 Å². The third-order valence-corrected chi connectivity index (χ3v) is 12.2. The van der Waals surface area contributed by atoms with Gasteiger partial charge in [-0.2, -0.15) is 22.3 Å². The predicted octanol–water partition coefficient (Wildman–Crippen LogP) is 11.1. The Morgan fingerprint density at radius 2 is 0.724 bits per heavy atom. The van der Waals surface area contributed by atoms with Gasteiger partial charge in [-0.25, -0.2) is 11.1 Å². The second kappa shape index (κ2) is 39.8. The van der Waals surface area contributed by atoms with Crippen molar-refractivity contribution in [1.29, 1.82) is 0 Å². The molecule has 0 amide bonds. The first-order valence-electron chi connectivity index (χ1n) is 21.2. The topological polar surface area (TPSA) is 66.1 Å². The Morgan fingerprint density at radius 1 is 0.500 bits per heavy atom. The summed E-state index contributed by atoms with van der Waals surface area (Å²) in [6.45, 7) is 50.4. The van der Waals surface area contributed by atoms with Crippen LogP contribution in [0.15, 0.2) is 33.4 Å². The maximum Gasteiger partial charge on any atom is 3.00 e. The molecule has 2 aliphatic rings. The number of unbranched alkanes of at least 4 members (excludes halogenated alkanes) is 6. The van der Waals surface area contributed by atoms with Gasteiger partial charge in [0.05, 0.1) is 0 Å². The third kappa shape index (κ3) is 59.3. The van der Waals surface area contributed by atoms with Crippen LogP contribution in [0.3, 0.4) is 0 Å².